The second kappa shape index (κ2) is 6.01. The van der Waals surface area contributed by atoms with Crippen LogP contribution in [0, 0.1) is 11.8 Å². The van der Waals surface area contributed by atoms with Crippen molar-refractivity contribution >= 4 is 11.9 Å². The first-order valence-corrected chi connectivity index (χ1v) is 7.93. The quantitative estimate of drug-likeness (QED) is 0.748. The molecule has 3 nitrogen and oxygen atoms in total. The summed E-state index contributed by atoms with van der Waals surface area (Å²) in [5.74, 6) is 0.00375. The van der Waals surface area contributed by atoms with Crippen molar-refractivity contribution in [3.63, 3.8) is 0 Å². The largest absolute Gasteiger partial charge is 0.416 e. The van der Waals surface area contributed by atoms with Gasteiger partial charge in [-0.3, -0.25) is 4.79 Å². The summed E-state index contributed by atoms with van der Waals surface area (Å²) in [5, 5.41) is 0. The van der Waals surface area contributed by atoms with Gasteiger partial charge in [-0.25, -0.2) is 9.78 Å². The number of carbonyl (C=O) groups excluding carboxylic acids is 1. The van der Waals surface area contributed by atoms with Crippen LogP contribution in [0.3, 0.4) is 0 Å². The molecule has 1 aromatic carbocycles. The summed E-state index contributed by atoms with van der Waals surface area (Å²) in [7, 11) is 0. The molecule has 0 unspecified atom stereocenters. The molecule has 0 aromatic heterocycles. The molecule has 2 aliphatic rings. The Balaban J connectivity index is 1.75. The molecule has 1 aliphatic carbocycles. The second-order valence-electron chi connectivity index (χ2n) is 6.75. The molecule has 24 heavy (non-hydrogen) atoms. The molecule has 0 spiro atoms. The molecule has 2 fully saturated rings. The van der Waals surface area contributed by atoms with Crippen LogP contribution in [0.4, 0.5) is 13.2 Å². The number of benzene rings is 1. The molecule has 1 aliphatic heterocycles. The number of hydrogen-bond acceptors (Lipinski definition) is 3. The van der Waals surface area contributed by atoms with Crippen molar-refractivity contribution in [3.05, 3.63) is 41.5 Å². The lowest BCUT2D eigenvalue weighted by molar-refractivity contribution is -0.415. The Morgan fingerprint density at radius 2 is 1.92 bits per heavy atom. The van der Waals surface area contributed by atoms with Gasteiger partial charge in [-0.2, -0.15) is 13.2 Å². The molecule has 0 amide bonds. The van der Waals surface area contributed by atoms with E-state index in [4.69, 9.17) is 9.78 Å². The molecule has 4 atom stereocenters. The maximum Gasteiger partial charge on any atom is 0.416 e. The van der Waals surface area contributed by atoms with Crippen LogP contribution in [0.15, 0.2) is 30.3 Å². The van der Waals surface area contributed by atoms with E-state index in [0.717, 1.165) is 18.6 Å². The zero-order valence-electron chi connectivity index (χ0n) is 13.5. The van der Waals surface area contributed by atoms with E-state index in [9.17, 15) is 18.0 Å². The van der Waals surface area contributed by atoms with Crippen molar-refractivity contribution in [1.29, 1.82) is 0 Å². The minimum atomic E-state index is -4.34. The third-order valence-corrected chi connectivity index (χ3v) is 5.04. The predicted molar refractivity (Wildman–Crippen MR) is 81.7 cm³/mol. The molecular formula is C18H19F3O3. The summed E-state index contributed by atoms with van der Waals surface area (Å²) in [6.07, 6.45) is 0.0635. The van der Waals surface area contributed by atoms with Gasteiger partial charge in [0.05, 0.1) is 5.56 Å². The highest BCUT2D eigenvalue weighted by atomic mass is 19.4. The van der Waals surface area contributed by atoms with Gasteiger partial charge in [0, 0.05) is 18.3 Å². The van der Waals surface area contributed by atoms with E-state index in [0.29, 0.717) is 12.0 Å². The summed E-state index contributed by atoms with van der Waals surface area (Å²) < 4.78 is 37.7. The first kappa shape index (κ1) is 17.2. The van der Waals surface area contributed by atoms with Crippen molar-refractivity contribution in [1.82, 2.24) is 0 Å². The van der Waals surface area contributed by atoms with Crippen LogP contribution in [0.25, 0.3) is 6.08 Å². The van der Waals surface area contributed by atoms with Gasteiger partial charge in [0.2, 0.25) is 0 Å². The highest BCUT2D eigenvalue weighted by Gasteiger charge is 2.48. The molecule has 0 radical (unpaired) electrons. The lowest BCUT2D eigenvalue weighted by atomic mass is 9.71. The summed E-state index contributed by atoms with van der Waals surface area (Å²) in [5.41, 5.74) is -0.821. The van der Waals surface area contributed by atoms with Gasteiger partial charge in [-0.15, -0.1) is 0 Å². The molecule has 6 heteroatoms. The van der Waals surface area contributed by atoms with Crippen LogP contribution in [-0.2, 0) is 20.7 Å². The van der Waals surface area contributed by atoms with Gasteiger partial charge in [0.25, 0.3) is 0 Å². The summed E-state index contributed by atoms with van der Waals surface area (Å²) in [6.45, 7) is 3.67. The van der Waals surface area contributed by atoms with Gasteiger partial charge < -0.3 is 0 Å². The number of hydrogen-bond donors (Lipinski definition) is 0. The molecule has 1 aromatic rings. The fourth-order valence-electron chi connectivity index (χ4n) is 3.21. The average Bonchev–Trinajstić information content (AvgIpc) is 2.53. The Hall–Kier alpha value is -1.66. The van der Waals surface area contributed by atoms with E-state index in [1.54, 1.807) is 12.2 Å². The number of carbonyl (C=O) groups is 1. The van der Waals surface area contributed by atoms with Gasteiger partial charge in [0.1, 0.15) is 17.5 Å². The van der Waals surface area contributed by atoms with E-state index in [1.807, 2.05) is 13.8 Å². The Labute approximate surface area is 138 Å². The summed E-state index contributed by atoms with van der Waals surface area (Å²) in [4.78, 5) is 22.9. The number of fused-ring (bicyclic) bond motifs is 2. The number of alkyl halides is 3. The zero-order chi connectivity index (χ0) is 17.5. The highest BCUT2D eigenvalue weighted by molar-refractivity contribution is 5.82. The second-order valence-corrected chi connectivity index (χ2v) is 6.75. The highest BCUT2D eigenvalue weighted by Crippen LogP contribution is 2.43. The lowest BCUT2D eigenvalue weighted by Gasteiger charge is -2.45. The number of ketones is 1. The third kappa shape index (κ3) is 3.26. The Morgan fingerprint density at radius 1 is 1.25 bits per heavy atom. The van der Waals surface area contributed by atoms with E-state index >= 15 is 0 Å². The van der Waals surface area contributed by atoms with E-state index in [1.165, 1.54) is 12.1 Å². The standard InChI is InChI=1S/C18H19F3O3/c1-11-15(22)9-14-10-16(11)23-24-17(14,2)8-7-12-3-5-13(6-4-12)18(19,20)21/h3-8,11,14,16H,9-10H2,1-2H3/b8-7-/t11-,14+,16+,17+/m1/s1. The molecule has 1 heterocycles. The van der Waals surface area contributed by atoms with Crippen LogP contribution in [0.2, 0.25) is 0 Å². The molecule has 2 bridgehead atoms. The maximum atomic E-state index is 12.6. The molecular weight excluding hydrogens is 321 g/mol. The van der Waals surface area contributed by atoms with Gasteiger partial charge in [-0.1, -0.05) is 25.1 Å². The molecule has 1 saturated carbocycles. The van der Waals surface area contributed by atoms with Crippen LogP contribution >= 0.6 is 0 Å². The van der Waals surface area contributed by atoms with Gasteiger partial charge in [0.15, 0.2) is 0 Å². The minimum Gasteiger partial charge on any atom is -0.299 e. The smallest absolute Gasteiger partial charge is 0.299 e. The topological polar surface area (TPSA) is 35.5 Å². The van der Waals surface area contributed by atoms with Crippen molar-refractivity contribution < 1.29 is 27.7 Å². The fourth-order valence-corrected chi connectivity index (χ4v) is 3.21. The van der Waals surface area contributed by atoms with Crippen LogP contribution in [0.5, 0.6) is 0 Å². The van der Waals surface area contributed by atoms with Gasteiger partial charge >= 0.3 is 6.18 Å². The molecule has 0 N–H and O–H groups in total. The third-order valence-electron chi connectivity index (χ3n) is 5.04. The van der Waals surface area contributed by atoms with Gasteiger partial charge in [-0.05, 0) is 37.1 Å². The van der Waals surface area contributed by atoms with Crippen molar-refractivity contribution in [2.75, 3.05) is 0 Å². The normalized spacial score (nSPS) is 33.9. The van der Waals surface area contributed by atoms with Crippen LogP contribution in [0.1, 0.15) is 37.8 Å². The van der Waals surface area contributed by atoms with Crippen LogP contribution < -0.4 is 0 Å². The zero-order valence-corrected chi connectivity index (χ0v) is 13.5. The van der Waals surface area contributed by atoms with E-state index in [-0.39, 0.29) is 23.7 Å². The van der Waals surface area contributed by atoms with E-state index in [2.05, 4.69) is 0 Å². The summed E-state index contributed by atoms with van der Waals surface area (Å²) >= 11 is 0. The average molecular weight is 340 g/mol. The monoisotopic (exact) mass is 340 g/mol. The first-order valence-electron chi connectivity index (χ1n) is 7.93. The Morgan fingerprint density at radius 3 is 2.54 bits per heavy atom. The van der Waals surface area contributed by atoms with Crippen LogP contribution in [-0.4, -0.2) is 17.5 Å². The Kier molecular flexibility index (Phi) is 4.30. The van der Waals surface area contributed by atoms with Crippen molar-refractivity contribution in [2.45, 2.75) is 44.6 Å². The summed E-state index contributed by atoms with van der Waals surface area (Å²) in [6, 6.07) is 4.90. The predicted octanol–water partition coefficient (Wildman–Crippen LogP) is 4.42. The molecule has 3 rings (SSSR count). The number of Topliss-reactive ketones (excluding diaryl/α,β-unsaturated/α-hetero) is 1. The first-order chi connectivity index (χ1) is 11.2. The van der Waals surface area contributed by atoms with Crippen molar-refractivity contribution in [2.24, 2.45) is 11.8 Å². The fraction of sp³-hybridized carbons (Fsp3) is 0.500. The Bertz CT molecular complexity index is 650. The number of rotatable bonds is 2. The molecule has 130 valence electrons. The van der Waals surface area contributed by atoms with Crippen molar-refractivity contribution in [3.8, 4) is 0 Å². The SMILES string of the molecule is C[C@@H]1C(=O)C[C@H]2C[C@@H]1OO[C@@]2(C)/C=C\c1ccc(C(F)(F)F)cc1. The lowest BCUT2D eigenvalue weighted by Crippen LogP contribution is -2.51. The molecule has 1 saturated heterocycles. The maximum absolute atomic E-state index is 12.6. The minimum absolute atomic E-state index is 0.00523. The van der Waals surface area contributed by atoms with E-state index < -0.39 is 17.3 Å². The number of halogens is 3.